The van der Waals surface area contributed by atoms with Crippen molar-refractivity contribution in [2.24, 2.45) is 7.05 Å². The Labute approximate surface area is 123 Å². The van der Waals surface area contributed by atoms with Crippen LogP contribution in [0.1, 0.15) is 38.3 Å². The van der Waals surface area contributed by atoms with Crippen LogP contribution in [0.25, 0.3) is 0 Å². The topological polar surface area (TPSA) is 107 Å². The van der Waals surface area contributed by atoms with Gasteiger partial charge in [-0.1, -0.05) is 13.8 Å². The quantitative estimate of drug-likeness (QED) is 0.665. The second kappa shape index (κ2) is 5.63. The van der Waals surface area contributed by atoms with Crippen LogP contribution in [0.15, 0.2) is 0 Å². The maximum atomic E-state index is 11.7. The van der Waals surface area contributed by atoms with Gasteiger partial charge in [0.05, 0.1) is 16.4 Å². The van der Waals surface area contributed by atoms with Gasteiger partial charge in [0.25, 0.3) is 0 Å². The molecule has 21 heavy (non-hydrogen) atoms. The van der Waals surface area contributed by atoms with E-state index in [1.54, 1.807) is 7.05 Å². The molecule has 0 bridgehead atoms. The molecule has 0 radical (unpaired) electrons. The molecule has 2 rings (SSSR count). The van der Waals surface area contributed by atoms with E-state index in [0.717, 1.165) is 0 Å². The predicted octanol–water partition coefficient (Wildman–Crippen LogP) is 1.44. The highest BCUT2D eigenvalue weighted by atomic mass is 32.2. The van der Waals surface area contributed by atoms with E-state index in [4.69, 9.17) is 0 Å². The normalized spacial score (nSPS) is 21.4. The highest BCUT2D eigenvalue weighted by Gasteiger charge is 2.32. The van der Waals surface area contributed by atoms with Crippen LogP contribution in [0.5, 0.6) is 0 Å². The van der Waals surface area contributed by atoms with Gasteiger partial charge in [0.1, 0.15) is 5.69 Å². The molecule has 1 aromatic rings. The molecule has 9 heteroatoms. The molecular weight excluding hydrogens is 296 g/mol. The lowest BCUT2D eigenvalue weighted by atomic mass is 10.1. The summed E-state index contributed by atoms with van der Waals surface area (Å²) in [6, 6.07) is -0.308. The van der Waals surface area contributed by atoms with Crippen LogP contribution >= 0.6 is 0 Å². The zero-order valence-corrected chi connectivity index (χ0v) is 13.2. The molecular formula is C12H20N4O4S. The number of aromatic nitrogens is 2. The van der Waals surface area contributed by atoms with Crippen LogP contribution in [0, 0.1) is 10.1 Å². The van der Waals surface area contributed by atoms with E-state index in [0.29, 0.717) is 18.5 Å². The summed E-state index contributed by atoms with van der Waals surface area (Å²) >= 11 is 0. The molecule has 1 fully saturated rings. The number of nitrogens with zero attached hydrogens (tertiary/aromatic N) is 3. The fourth-order valence-electron chi connectivity index (χ4n) is 2.59. The number of rotatable bonds is 4. The first-order valence-electron chi connectivity index (χ1n) is 6.89. The van der Waals surface area contributed by atoms with Crippen LogP contribution in [0.4, 0.5) is 11.5 Å². The Morgan fingerprint density at radius 1 is 1.48 bits per heavy atom. The largest absolute Gasteiger partial charge is 0.361 e. The van der Waals surface area contributed by atoms with Gasteiger partial charge >= 0.3 is 5.69 Å². The van der Waals surface area contributed by atoms with Crippen molar-refractivity contribution in [3.05, 3.63) is 15.8 Å². The zero-order valence-electron chi connectivity index (χ0n) is 12.4. The minimum absolute atomic E-state index is 0.00630. The first-order valence-corrected chi connectivity index (χ1v) is 8.71. The van der Waals surface area contributed by atoms with Crippen LogP contribution < -0.4 is 5.32 Å². The Kier molecular flexibility index (Phi) is 4.22. The summed E-state index contributed by atoms with van der Waals surface area (Å²) in [5.41, 5.74) is 0.346. The molecule has 0 aromatic carbocycles. The van der Waals surface area contributed by atoms with Crippen molar-refractivity contribution in [3.63, 3.8) is 0 Å². The lowest BCUT2D eigenvalue weighted by molar-refractivity contribution is -0.384. The molecule has 0 amide bonds. The highest BCUT2D eigenvalue weighted by Crippen LogP contribution is 2.33. The summed E-state index contributed by atoms with van der Waals surface area (Å²) in [6.45, 7) is 3.67. The van der Waals surface area contributed by atoms with Crippen molar-refractivity contribution < 1.29 is 13.3 Å². The Morgan fingerprint density at radius 3 is 2.67 bits per heavy atom. The van der Waals surface area contributed by atoms with E-state index in [-0.39, 0.29) is 35.0 Å². The number of hydrogen-bond donors (Lipinski definition) is 1. The van der Waals surface area contributed by atoms with Crippen LogP contribution in [-0.4, -0.2) is 40.7 Å². The van der Waals surface area contributed by atoms with E-state index in [2.05, 4.69) is 10.4 Å². The zero-order chi connectivity index (χ0) is 15.8. The SMILES string of the molecule is CC(C)c1nn(C)c(NC2CCCS(=O)(=O)C2)c1[N+](=O)[O-]. The molecule has 0 aliphatic carbocycles. The van der Waals surface area contributed by atoms with Crippen molar-refractivity contribution in [1.29, 1.82) is 0 Å². The van der Waals surface area contributed by atoms with Crippen LogP contribution in [-0.2, 0) is 16.9 Å². The van der Waals surface area contributed by atoms with E-state index in [1.807, 2.05) is 13.8 Å². The molecule has 0 spiro atoms. The summed E-state index contributed by atoms with van der Waals surface area (Å²) in [6.07, 6.45) is 1.25. The smallest absolute Gasteiger partial charge is 0.334 e. The second-order valence-corrected chi connectivity index (χ2v) is 7.94. The molecule has 1 aliphatic rings. The molecule has 1 N–H and O–H groups in total. The van der Waals surface area contributed by atoms with Gasteiger partial charge < -0.3 is 5.32 Å². The number of anilines is 1. The van der Waals surface area contributed by atoms with E-state index in [9.17, 15) is 18.5 Å². The van der Waals surface area contributed by atoms with Crippen LogP contribution in [0.2, 0.25) is 0 Å². The predicted molar refractivity (Wildman–Crippen MR) is 79.2 cm³/mol. The molecule has 118 valence electrons. The number of nitro groups is 1. The summed E-state index contributed by atoms with van der Waals surface area (Å²) in [7, 11) is -1.45. The maximum absolute atomic E-state index is 11.7. The highest BCUT2D eigenvalue weighted by molar-refractivity contribution is 7.91. The first kappa shape index (κ1) is 15.7. The molecule has 1 saturated heterocycles. The van der Waals surface area contributed by atoms with Gasteiger partial charge in [-0.3, -0.25) is 10.1 Å². The van der Waals surface area contributed by atoms with Crippen molar-refractivity contribution in [2.45, 2.75) is 38.6 Å². The third-order valence-corrected chi connectivity index (χ3v) is 5.40. The molecule has 1 aliphatic heterocycles. The van der Waals surface area contributed by atoms with Gasteiger partial charge in [-0.2, -0.15) is 5.10 Å². The Hall–Kier alpha value is -1.64. The van der Waals surface area contributed by atoms with E-state index >= 15 is 0 Å². The average Bonchev–Trinajstić information content (AvgIpc) is 2.66. The van der Waals surface area contributed by atoms with Gasteiger partial charge in [0, 0.05) is 19.0 Å². The lowest BCUT2D eigenvalue weighted by Gasteiger charge is -2.23. The lowest BCUT2D eigenvalue weighted by Crippen LogP contribution is -2.35. The van der Waals surface area contributed by atoms with Crippen molar-refractivity contribution in [3.8, 4) is 0 Å². The van der Waals surface area contributed by atoms with Crippen LogP contribution in [0.3, 0.4) is 0 Å². The van der Waals surface area contributed by atoms with Crippen molar-refractivity contribution in [2.75, 3.05) is 16.8 Å². The van der Waals surface area contributed by atoms with Gasteiger partial charge in [-0.15, -0.1) is 0 Å². The standard InChI is InChI=1S/C12H20N4O4S/c1-8(2)10-11(16(17)18)12(15(3)14-10)13-9-5-4-6-21(19,20)7-9/h8-9,13H,4-7H2,1-3H3. The minimum Gasteiger partial charge on any atom is -0.361 e. The third-order valence-electron chi connectivity index (χ3n) is 3.58. The third kappa shape index (κ3) is 3.34. The minimum atomic E-state index is -3.07. The number of nitrogens with one attached hydrogen (secondary N) is 1. The van der Waals surface area contributed by atoms with Gasteiger partial charge in [0.15, 0.2) is 9.84 Å². The van der Waals surface area contributed by atoms with Crippen molar-refractivity contribution >= 4 is 21.3 Å². The summed E-state index contributed by atoms with van der Waals surface area (Å²) in [4.78, 5) is 10.9. The molecule has 1 unspecified atom stereocenters. The van der Waals surface area contributed by atoms with Gasteiger partial charge in [0.2, 0.25) is 5.82 Å². The summed E-state index contributed by atoms with van der Waals surface area (Å²) < 4.78 is 24.8. The average molecular weight is 316 g/mol. The summed E-state index contributed by atoms with van der Waals surface area (Å²) in [5, 5.41) is 18.5. The van der Waals surface area contributed by atoms with Crippen molar-refractivity contribution in [1.82, 2.24) is 9.78 Å². The monoisotopic (exact) mass is 316 g/mol. The first-order chi connectivity index (χ1) is 9.71. The molecule has 1 atom stereocenters. The molecule has 8 nitrogen and oxygen atoms in total. The van der Waals surface area contributed by atoms with Gasteiger partial charge in [-0.25, -0.2) is 13.1 Å². The Morgan fingerprint density at radius 2 is 2.14 bits per heavy atom. The van der Waals surface area contributed by atoms with Gasteiger partial charge in [-0.05, 0) is 12.8 Å². The summed E-state index contributed by atoms with van der Waals surface area (Å²) in [5.74, 6) is 0.399. The molecule has 2 heterocycles. The molecule has 1 aromatic heterocycles. The number of aryl methyl sites for hydroxylation is 1. The second-order valence-electron chi connectivity index (χ2n) is 5.72. The molecule has 0 saturated carbocycles. The fourth-order valence-corrected chi connectivity index (χ4v) is 4.23. The maximum Gasteiger partial charge on any atom is 0.334 e. The van der Waals surface area contributed by atoms with E-state index in [1.165, 1.54) is 4.68 Å². The Balaban J connectivity index is 2.33. The number of hydrogen-bond acceptors (Lipinski definition) is 6. The van der Waals surface area contributed by atoms with E-state index < -0.39 is 14.8 Å². The number of sulfone groups is 1. The fraction of sp³-hybridized carbons (Fsp3) is 0.750. The Bertz CT molecular complexity index is 650.